The highest BCUT2D eigenvalue weighted by Gasteiger charge is 2.00. The minimum absolute atomic E-state index is 0.0105. The number of alkyl halides is 1. The first-order valence-corrected chi connectivity index (χ1v) is 4.22. The van der Waals surface area contributed by atoms with Gasteiger partial charge in [-0.15, -0.1) is 0 Å². The molecule has 0 aliphatic heterocycles. The number of carboxylic acids is 1. The minimum Gasteiger partial charge on any atom is -0.491 e. The number of rotatable bonds is 5. The Morgan fingerprint density at radius 2 is 2.00 bits per heavy atom. The molecule has 1 rings (SSSR count). The summed E-state index contributed by atoms with van der Waals surface area (Å²) in [4.78, 5) is 10.3. The number of ether oxygens (including phenoxy) is 1. The molecule has 0 heterocycles. The standard InChI is InChI=1S/C10H11FO3/c11-5-6-14-9-3-1-8(2-4-9)7-10(12)13/h1-4H,5-7H2,(H,12,13). The third-order valence-electron chi connectivity index (χ3n) is 1.62. The van der Waals surface area contributed by atoms with Crippen molar-refractivity contribution in [1.82, 2.24) is 0 Å². The molecule has 3 nitrogen and oxygen atoms in total. The molecule has 14 heavy (non-hydrogen) atoms. The number of hydrogen-bond acceptors (Lipinski definition) is 2. The maximum absolute atomic E-state index is 11.7. The molecule has 4 heteroatoms. The van der Waals surface area contributed by atoms with Crippen molar-refractivity contribution in [2.75, 3.05) is 13.3 Å². The van der Waals surface area contributed by atoms with E-state index in [2.05, 4.69) is 0 Å². The summed E-state index contributed by atoms with van der Waals surface area (Å²) in [5, 5.41) is 8.50. The Bertz CT molecular complexity index is 295. The van der Waals surface area contributed by atoms with Crippen LogP contribution in [0.5, 0.6) is 5.75 Å². The topological polar surface area (TPSA) is 46.5 Å². The molecule has 0 fully saturated rings. The predicted octanol–water partition coefficient (Wildman–Crippen LogP) is 1.66. The summed E-state index contributed by atoms with van der Waals surface area (Å²) in [5.41, 5.74) is 0.699. The predicted molar refractivity (Wildman–Crippen MR) is 49.3 cm³/mol. The number of halogens is 1. The minimum atomic E-state index is -0.873. The summed E-state index contributed by atoms with van der Waals surface area (Å²) < 4.78 is 16.7. The Morgan fingerprint density at radius 3 is 2.50 bits per heavy atom. The molecule has 0 saturated heterocycles. The van der Waals surface area contributed by atoms with E-state index in [0.717, 1.165) is 0 Å². The van der Waals surface area contributed by atoms with Gasteiger partial charge in [0, 0.05) is 0 Å². The van der Waals surface area contributed by atoms with Gasteiger partial charge >= 0.3 is 5.97 Å². The van der Waals surface area contributed by atoms with Gasteiger partial charge in [-0.1, -0.05) is 12.1 Å². The molecule has 1 aromatic carbocycles. The fraction of sp³-hybridized carbons (Fsp3) is 0.300. The lowest BCUT2D eigenvalue weighted by molar-refractivity contribution is -0.136. The van der Waals surface area contributed by atoms with Crippen molar-refractivity contribution in [2.45, 2.75) is 6.42 Å². The van der Waals surface area contributed by atoms with Gasteiger partial charge in [-0.3, -0.25) is 4.79 Å². The van der Waals surface area contributed by atoms with Crippen LogP contribution in [0.3, 0.4) is 0 Å². The zero-order valence-corrected chi connectivity index (χ0v) is 7.57. The number of aliphatic carboxylic acids is 1. The van der Waals surface area contributed by atoms with Crippen molar-refractivity contribution < 1.29 is 19.0 Å². The molecule has 76 valence electrons. The van der Waals surface area contributed by atoms with Crippen molar-refractivity contribution in [1.29, 1.82) is 0 Å². The first-order valence-electron chi connectivity index (χ1n) is 4.22. The number of carboxylic acid groups (broad SMARTS) is 1. The maximum Gasteiger partial charge on any atom is 0.307 e. The lowest BCUT2D eigenvalue weighted by Crippen LogP contribution is -2.01. The van der Waals surface area contributed by atoms with E-state index < -0.39 is 12.6 Å². The number of benzene rings is 1. The molecule has 0 aromatic heterocycles. The third kappa shape index (κ3) is 3.43. The van der Waals surface area contributed by atoms with Crippen molar-refractivity contribution >= 4 is 5.97 Å². The Labute approximate surface area is 81.1 Å². The Morgan fingerprint density at radius 1 is 1.36 bits per heavy atom. The fourth-order valence-electron chi connectivity index (χ4n) is 1.03. The van der Waals surface area contributed by atoms with Crippen LogP contribution in [0.2, 0.25) is 0 Å². The second kappa shape index (κ2) is 5.21. The lowest BCUT2D eigenvalue weighted by Gasteiger charge is -2.03. The van der Waals surface area contributed by atoms with Crippen molar-refractivity contribution in [3.63, 3.8) is 0 Å². The van der Waals surface area contributed by atoms with Gasteiger partial charge < -0.3 is 9.84 Å². The molecule has 0 amide bonds. The van der Waals surface area contributed by atoms with E-state index >= 15 is 0 Å². The van der Waals surface area contributed by atoms with Crippen LogP contribution >= 0.6 is 0 Å². The third-order valence-corrected chi connectivity index (χ3v) is 1.62. The zero-order chi connectivity index (χ0) is 10.4. The van der Waals surface area contributed by atoms with E-state index in [4.69, 9.17) is 9.84 Å². The van der Waals surface area contributed by atoms with Crippen LogP contribution in [0.1, 0.15) is 5.56 Å². The molecule has 0 aliphatic rings. The van der Waals surface area contributed by atoms with Crippen LogP contribution in [0, 0.1) is 0 Å². The fourth-order valence-corrected chi connectivity index (χ4v) is 1.03. The summed E-state index contributed by atoms with van der Waals surface area (Å²) in [6.45, 7) is -0.505. The number of carbonyl (C=O) groups is 1. The van der Waals surface area contributed by atoms with E-state index in [1.807, 2.05) is 0 Å². The van der Waals surface area contributed by atoms with E-state index in [1.54, 1.807) is 24.3 Å². The molecular weight excluding hydrogens is 187 g/mol. The SMILES string of the molecule is O=C(O)Cc1ccc(OCCF)cc1. The van der Waals surface area contributed by atoms with Crippen LogP contribution in [0.4, 0.5) is 4.39 Å². The Kier molecular flexibility index (Phi) is 3.91. The van der Waals surface area contributed by atoms with Gasteiger partial charge in [-0.25, -0.2) is 4.39 Å². The van der Waals surface area contributed by atoms with Crippen LogP contribution in [0.25, 0.3) is 0 Å². The molecule has 0 radical (unpaired) electrons. The zero-order valence-electron chi connectivity index (χ0n) is 7.57. The summed E-state index contributed by atoms with van der Waals surface area (Å²) in [5.74, 6) is -0.320. The summed E-state index contributed by atoms with van der Waals surface area (Å²) >= 11 is 0. The first kappa shape index (κ1) is 10.5. The average Bonchev–Trinajstić information content (AvgIpc) is 2.16. The van der Waals surface area contributed by atoms with E-state index in [1.165, 1.54) is 0 Å². The second-order valence-corrected chi connectivity index (χ2v) is 2.75. The van der Waals surface area contributed by atoms with Crippen LogP contribution in [-0.4, -0.2) is 24.4 Å². The first-order chi connectivity index (χ1) is 6.72. The molecular formula is C10H11FO3. The van der Waals surface area contributed by atoms with E-state index in [-0.39, 0.29) is 13.0 Å². The van der Waals surface area contributed by atoms with Crippen LogP contribution in [-0.2, 0) is 11.2 Å². The van der Waals surface area contributed by atoms with Gasteiger partial charge in [-0.05, 0) is 17.7 Å². The molecule has 0 unspecified atom stereocenters. The molecule has 0 saturated carbocycles. The smallest absolute Gasteiger partial charge is 0.307 e. The highest BCUT2D eigenvalue weighted by molar-refractivity contribution is 5.70. The monoisotopic (exact) mass is 198 g/mol. The van der Waals surface area contributed by atoms with Gasteiger partial charge in [0.25, 0.3) is 0 Å². The molecule has 0 spiro atoms. The average molecular weight is 198 g/mol. The number of hydrogen-bond donors (Lipinski definition) is 1. The summed E-state index contributed by atoms with van der Waals surface area (Å²) in [6, 6.07) is 6.57. The lowest BCUT2D eigenvalue weighted by atomic mass is 10.1. The van der Waals surface area contributed by atoms with Gasteiger partial charge in [0.2, 0.25) is 0 Å². The second-order valence-electron chi connectivity index (χ2n) is 2.75. The van der Waals surface area contributed by atoms with Crippen LogP contribution < -0.4 is 4.74 Å². The largest absolute Gasteiger partial charge is 0.491 e. The quantitative estimate of drug-likeness (QED) is 0.782. The molecule has 0 atom stereocenters. The van der Waals surface area contributed by atoms with Gasteiger partial charge in [0.1, 0.15) is 19.0 Å². The highest BCUT2D eigenvalue weighted by atomic mass is 19.1. The maximum atomic E-state index is 11.7. The molecule has 1 N–H and O–H groups in total. The van der Waals surface area contributed by atoms with E-state index in [0.29, 0.717) is 11.3 Å². The molecule has 1 aromatic rings. The van der Waals surface area contributed by atoms with Crippen LogP contribution in [0.15, 0.2) is 24.3 Å². The van der Waals surface area contributed by atoms with E-state index in [9.17, 15) is 9.18 Å². The van der Waals surface area contributed by atoms with Gasteiger partial charge in [0.05, 0.1) is 6.42 Å². The van der Waals surface area contributed by atoms with Crippen molar-refractivity contribution in [3.05, 3.63) is 29.8 Å². The van der Waals surface area contributed by atoms with Gasteiger partial charge in [-0.2, -0.15) is 0 Å². The summed E-state index contributed by atoms with van der Waals surface area (Å²) in [6.07, 6.45) is -0.0105. The Balaban J connectivity index is 2.54. The summed E-state index contributed by atoms with van der Waals surface area (Å²) in [7, 11) is 0. The van der Waals surface area contributed by atoms with Crippen molar-refractivity contribution in [2.24, 2.45) is 0 Å². The Hall–Kier alpha value is -1.58. The highest BCUT2D eigenvalue weighted by Crippen LogP contribution is 2.12. The van der Waals surface area contributed by atoms with Crippen molar-refractivity contribution in [3.8, 4) is 5.75 Å². The normalized spacial score (nSPS) is 9.79. The van der Waals surface area contributed by atoms with Gasteiger partial charge in [0.15, 0.2) is 0 Å². The molecule has 0 aliphatic carbocycles. The molecule has 0 bridgehead atoms.